The van der Waals surface area contributed by atoms with E-state index in [1.165, 1.54) is 17.4 Å². The van der Waals surface area contributed by atoms with Crippen molar-refractivity contribution in [3.05, 3.63) is 60.3 Å². The Balaban J connectivity index is 1.28. The minimum atomic E-state index is -0.508. The van der Waals surface area contributed by atoms with Crippen molar-refractivity contribution in [1.29, 1.82) is 0 Å². The molecule has 8 nitrogen and oxygen atoms in total. The summed E-state index contributed by atoms with van der Waals surface area (Å²) in [5, 5.41) is 13.6. The van der Waals surface area contributed by atoms with Crippen LogP contribution in [0.3, 0.4) is 0 Å². The van der Waals surface area contributed by atoms with Gasteiger partial charge in [-0.1, -0.05) is 13.0 Å². The highest BCUT2D eigenvalue weighted by molar-refractivity contribution is 7.22. The van der Waals surface area contributed by atoms with E-state index in [4.69, 9.17) is 4.74 Å². The van der Waals surface area contributed by atoms with E-state index in [9.17, 15) is 19.1 Å². The van der Waals surface area contributed by atoms with Gasteiger partial charge in [0.15, 0.2) is 11.6 Å². The summed E-state index contributed by atoms with van der Waals surface area (Å²) >= 11 is 1.47. The number of carbonyl (C=O) groups is 2. The number of thiophene rings is 1. The van der Waals surface area contributed by atoms with E-state index < -0.39 is 12.4 Å². The van der Waals surface area contributed by atoms with Crippen molar-refractivity contribution >= 4 is 33.2 Å². The summed E-state index contributed by atoms with van der Waals surface area (Å²) in [7, 11) is 0. The maximum atomic E-state index is 14.9. The number of nitrogens with zero attached hydrogens (tertiary/aromatic N) is 4. The standard InChI is InChI=1S/C29H31FN4O4S/c1-2-9-33(28(37)18-35)10-11-34-17-21(16-32-34)27-15-24-29(39-27)26(7-8-31-24)38-25-6-5-20(14-23(25)30)13-22(36)12-19-3-4-19/h5-8,14-17,19,35H,2-4,9-13,18H2,1H3. The monoisotopic (exact) mass is 550 g/mol. The third kappa shape index (κ3) is 6.69. The van der Waals surface area contributed by atoms with E-state index in [-0.39, 0.29) is 23.9 Å². The predicted molar refractivity (Wildman–Crippen MR) is 147 cm³/mol. The van der Waals surface area contributed by atoms with Crippen LogP contribution >= 0.6 is 11.3 Å². The summed E-state index contributed by atoms with van der Waals surface area (Å²) < 4.78 is 23.4. The molecule has 1 aliphatic rings. The number of amides is 1. The molecular formula is C29H31FN4O4S. The Morgan fingerprint density at radius 3 is 2.79 bits per heavy atom. The number of ether oxygens (including phenoxy) is 1. The number of pyridine rings is 1. The van der Waals surface area contributed by atoms with Crippen molar-refractivity contribution in [3.8, 4) is 21.9 Å². The number of aliphatic hydroxyl groups is 1. The number of benzene rings is 1. The summed E-state index contributed by atoms with van der Waals surface area (Å²) in [4.78, 5) is 31.1. The molecule has 3 aromatic heterocycles. The lowest BCUT2D eigenvalue weighted by molar-refractivity contribution is -0.134. The fraction of sp³-hybridized carbons (Fsp3) is 0.379. The van der Waals surface area contributed by atoms with E-state index in [1.54, 1.807) is 40.2 Å². The van der Waals surface area contributed by atoms with Crippen LogP contribution in [-0.2, 0) is 22.6 Å². The molecule has 1 N–H and O–H groups in total. The summed E-state index contributed by atoms with van der Waals surface area (Å²) in [6.45, 7) is 3.03. The van der Waals surface area contributed by atoms with Crippen LogP contribution < -0.4 is 4.74 Å². The molecule has 1 aromatic carbocycles. The Hall–Kier alpha value is -3.63. The van der Waals surface area contributed by atoms with E-state index in [2.05, 4.69) is 10.1 Å². The summed E-state index contributed by atoms with van der Waals surface area (Å²) in [6, 6.07) is 8.34. The average molecular weight is 551 g/mol. The molecule has 0 radical (unpaired) electrons. The van der Waals surface area contributed by atoms with Crippen molar-refractivity contribution in [2.45, 2.75) is 45.6 Å². The molecule has 39 heavy (non-hydrogen) atoms. The summed E-state index contributed by atoms with van der Waals surface area (Å²) in [5.41, 5.74) is 2.27. The summed E-state index contributed by atoms with van der Waals surface area (Å²) in [6.07, 6.45) is 9.15. The number of rotatable bonds is 13. The van der Waals surface area contributed by atoms with Gasteiger partial charge >= 0.3 is 0 Å². The Kier molecular flexibility index (Phi) is 8.33. The summed E-state index contributed by atoms with van der Waals surface area (Å²) in [5.74, 6) is 0.457. The van der Waals surface area contributed by atoms with Gasteiger partial charge < -0.3 is 14.7 Å². The number of hydrogen-bond acceptors (Lipinski definition) is 7. The molecule has 1 saturated carbocycles. The first-order valence-electron chi connectivity index (χ1n) is 13.2. The van der Waals surface area contributed by atoms with Crippen molar-refractivity contribution in [2.24, 2.45) is 5.92 Å². The molecule has 1 aliphatic carbocycles. The zero-order valence-electron chi connectivity index (χ0n) is 21.8. The first-order valence-corrected chi connectivity index (χ1v) is 14.0. The molecule has 0 spiro atoms. The van der Waals surface area contributed by atoms with E-state index in [0.717, 1.165) is 39.9 Å². The zero-order valence-corrected chi connectivity index (χ0v) is 22.6. The van der Waals surface area contributed by atoms with Crippen LogP contribution in [0.15, 0.2) is 48.9 Å². The smallest absolute Gasteiger partial charge is 0.248 e. The van der Waals surface area contributed by atoms with Gasteiger partial charge in [-0.2, -0.15) is 5.10 Å². The largest absolute Gasteiger partial charge is 0.453 e. The van der Waals surface area contributed by atoms with Gasteiger partial charge in [0, 0.05) is 54.8 Å². The topological polar surface area (TPSA) is 97.5 Å². The number of aromatic nitrogens is 3. The lowest BCUT2D eigenvalue weighted by Crippen LogP contribution is -2.36. The Morgan fingerprint density at radius 2 is 2.05 bits per heavy atom. The second kappa shape index (κ2) is 12.0. The molecule has 0 atom stereocenters. The Morgan fingerprint density at radius 1 is 1.21 bits per heavy atom. The molecule has 0 saturated heterocycles. The Bertz CT molecular complexity index is 1480. The quantitative estimate of drug-likeness (QED) is 0.245. The highest BCUT2D eigenvalue weighted by atomic mass is 32.1. The average Bonchev–Trinajstić information content (AvgIpc) is 3.42. The van der Waals surface area contributed by atoms with Crippen LogP contribution in [0, 0.1) is 11.7 Å². The van der Waals surface area contributed by atoms with Crippen LogP contribution in [-0.4, -0.2) is 56.2 Å². The molecular weight excluding hydrogens is 519 g/mol. The molecule has 4 aromatic rings. The number of aliphatic hydroxyl groups excluding tert-OH is 1. The molecule has 1 fully saturated rings. The van der Waals surface area contributed by atoms with Crippen molar-refractivity contribution in [2.75, 3.05) is 19.7 Å². The van der Waals surface area contributed by atoms with E-state index in [0.29, 0.717) is 43.3 Å². The van der Waals surface area contributed by atoms with Crippen LogP contribution in [0.4, 0.5) is 4.39 Å². The van der Waals surface area contributed by atoms with Crippen molar-refractivity contribution in [1.82, 2.24) is 19.7 Å². The van der Waals surface area contributed by atoms with Crippen LogP contribution in [0.25, 0.3) is 20.7 Å². The zero-order chi connectivity index (χ0) is 27.4. The molecule has 0 bridgehead atoms. The maximum absolute atomic E-state index is 14.9. The van der Waals surface area contributed by atoms with Gasteiger partial charge in [-0.15, -0.1) is 11.3 Å². The van der Waals surface area contributed by atoms with Crippen LogP contribution in [0.5, 0.6) is 11.5 Å². The maximum Gasteiger partial charge on any atom is 0.248 e. The van der Waals surface area contributed by atoms with Gasteiger partial charge in [-0.25, -0.2) is 4.39 Å². The Labute approximate surface area is 230 Å². The number of hydrogen-bond donors (Lipinski definition) is 1. The lowest BCUT2D eigenvalue weighted by atomic mass is 10.0. The molecule has 10 heteroatoms. The van der Waals surface area contributed by atoms with Gasteiger partial charge in [0.2, 0.25) is 5.91 Å². The molecule has 0 aliphatic heterocycles. The van der Waals surface area contributed by atoms with Gasteiger partial charge in [-0.3, -0.25) is 19.3 Å². The van der Waals surface area contributed by atoms with E-state index >= 15 is 0 Å². The number of fused-ring (bicyclic) bond motifs is 1. The second-order valence-electron chi connectivity index (χ2n) is 9.89. The molecule has 5 rings (SSSR count). The van der Waals surface area contributed by atoms with Gasteiger partial charge in [-0.05, 0) is 48.9 Å². The van der Waals surface area contributed by atoms with Crippen molar-refractivity contribution < 1.29 is 23.8 Å². The highest BCUT2D eigenvalue weighted by Gasteiger charge is 2.24. The third-order valence-electron chi connectivity index (χ3n) is 6.70. The van der Waals surface area contributed by atoms with Gasteiger partial charge in [0.1, 0.15) is 18.1 Å². The van der Waals surface area contributed by atoms with Crippen molar-refractivity contribution in [3.63, 3.8) is 0 Å². The highest BCUT2D eigenvalue weighted by Crippen LogP contribution is 2.39. The first kappa shape index (κ1) is 27.0. The number of carbonyl (C=O) groups excluding carboxylic acids is 2. The molecule has 3 heterocycles. The van der Waals surface area contributed by atoms with E-state index in [1.807, 2.05) is 19.2 Å². The van der Waals surface area contributed by atoms with Gasteiger partial charge in [0.05, 0.1) is 23.0 Å². The fourth-order valence-electron chi connectivity index (χ4n) is 4.50. The normalized spacial score (nSPS) is 13.1. The lowest BCUT2D eigenvalue weighted by Gasteiger charge is -2.20. The predicted octanol–water partition coefficient (Wildman–Crippen LogP) is 5.23. The third-order valence-corrected chi connectivity index (χ3v) is 7.89. The first-order chi connectivity index (χ1) is 18.9. The molecule has 0 unspecified atom stereocenters. The number of ketones is 1. The molecule has 204 valence electrons. The van der Waals surface area contributed by atoms with Crippen LogP contribution in [0.1, 0.15) is 38.2 Å². The van der Waals surface area contributed by atoms with Gasteiger partial charge in [0.25, 0.3) is 0 Å². The fourth-order valence-corrected chi connectivity index (χ4v) is 5.54. The minimum Gasteiger partial charge on any atom is -0.453 e. The minimum absolute atomic E-state index is 0.0951. The second-order valence-corrected chi connectivity index (χ2v) is 10.9. The SMILES string of the molecule is CCCN(CCn1cc(-c2cc3nccc(Oc4ccc(CC(=O)CC5CC5)cc4F)c3s2)cn1)C(=O)CO. The number of Topliss-reactive ketones (excluding diaryl/α,β-unsaturated/α-hetero) is 1. The van der Waals surface area contributed by atoms with Crippen LogP contribution in [0.2, 0.25) is 0 Å². The number of halogens is 1. The molecule has 1 amide bonds.